The molecule has 0 aliphatic carbocycles. The SMILES string of the molecule is Cc1ccccc1-c1cc(-c2cc(N(c3ccccc3)c3ccccc3)ccc2Nc2ccc(-c3ccccc3)cc2)c2c(c1)N(c1ccc(-c3ccccc3)cc1)c1ccc(-c3ccccc3)cc1B2. The van der Waals surface area contributed by atoms with Crippen LogP contribution in [0.5, 0.6) is 0 Å². The van der Waals surface area contributed by atoms with Gasteiger partial charge in [0.05, 0.1) is 0 Å². The van der Waals surface area contributed by atoms with Crippen molar-refractivity contribution in [3.63, 3.8) is 0 Å². The average Bonchev–Trinajstić information content (AvgIpc) is 3.44. The molecule has 4 heteroatoms. The lowest BCUT2D eigenvalue weighted by molar-refractivity contribution is 1.28. The Labute approximate surface area is 417 Å². The Morgan fingerprint density at radius 3 is 1.45 bits per heavy atom. The molecule has 12 rings (SSSR count). The average molecular weight is 908 g/mol. The largest absolute Gasteiger partial charge is 0.355 e. The van der Waals surface area contributed by atoms with Crippen LogP contribution in [0.4, 0.5) is 45.5 Å². The number of para-hydroxylation sites is 2. The second-order valence-electron chi connectivity index (χ2n) is 18.3. The van der Waals surface area contributed by atoms with Crippen molar-refractivity contribution in [3.05, 3.63) is 279 Å². The maximum Gasteiger partial charge on any atom is 0.198 e. The van der Waals surface area contributed by atoms with Crippen LogP contribution in [0.15, 0.2) is 273 Å². The van der Waals surface area contributed by atoms with E-state index in [1.54, 1.807) is 0 Å². The van der Waals surface area contributed by atoms with E-state index in [1.165, 1.54) is 77.9 Å². The zero-order chi connectivity index (χ0) is 47.5. The third-order valence-corrected chi connectivity index (χ3v) is 13.8. The lowest BCUT2D eigenvalue weighted by Gasteiger charge is -2.36. The van der Waals surface area contributed by atoms with Gasteiger partial charge in [0.1, 0.15) is 0 Å². The Morgan fingerprint density at radius 1 is 0.352 bits per heavy atom. The first-order chi connectivity index (χ1) is 35.1. The summed E-state index contributed by atoms with van der Waals surface area (Å²) < 4.78 is 0. The number of rotatable bonds is 11. The summed E-state index contributed by atoms with van der Waals surface area (Å²) in [5.41, 5.74) is 24.3. The Kier molecular flexibility index (Phi) is 11.6. The monoisotopic (exact) mass is 907 g/mol. The van der Waals surface area contributed by atoms with E-state index in [1.807, 2.05) is 0 Å². The highest BCUT2D eigenvalue weighted by Crippen LogP contribution is 2.45. The molecule has 1 aliphatic heterocycles. The minimum absolute atomic E-state index is 0.740. The molecule has 11 aromatic carbocycles. The van der Waals surface area contributed by atoms with Crippen LogP contribution >= 0.6 is 0 Å². The number of hydrogen-bond acceptors (Lipinski definition) is 3. The van der Waals surface area contributed by atoms with Gasteiger partial charge in [-0.3, -0.25) is 0 Å². The zero-order valence-electron chi connectivity index (χ0n) is 39.6. The highest BCUT2D eigenvalue weighted by molar-refractivity contribution is 6.73. The molecule has 3 nitrogen and oxygen atoms in total. The van der Waals surface area contributed by atoms with E-state index < -0.39 is 0 Å². The molecule has 0 bridgehead atoms. The third kappa shape index (κ3) is 8.69. The van der Waals surface area contributed by atoms with Gasteiger partial charge >= 0.3 is 0 Å². The summed E-state index contributed by atoms with van der Waals surface area (Å²) in [5, 5.41) is 3.96. The summed E-state index contributed by atoms with van der Waals surface area (Å²) >= 11 is 0. The zero-order valence-corrected chi connectivity index (χ0v) is 39.6. The van der Waals surface area contributed by atoms with E-state index in [4.69, 9.17) is 0 Å². The highest BCUT2D eigenvalue weighted by atomic mass is 15.2. The van der Waals surface area contributed by atoms with Crippen LogP contribution in [0.1, 0.15) is 5.56 Å². The summed E-state index contributed by atoms with van der Waals surface area (Å²) in [7, 11) is 0.740. The minimum atomic E-state index is 0.740. The molecular formula is C67H50BN3. The number of fused-ring (bicyclic) bond motifs is 2. The summed E-state index contributed by atoms with van der Waals surface area (Å²) in [6.45, 7) is 2.22. The van der Waals surface area contributed by atoms with Gasteiger partial charge in [0.25, 0.3) is 0 Å². The second-order valence-corrected chi connectivity index (χ2v) is 18.3. The number of anilines is 8. The van der Waals surface area contributed by atoms with Crippen LogP contribution in [0, 0.1) is 6.92 Å². The molecule has 0 amide bonds. The summed E-state index contributed by atoms with van der Waals surface area (Å²) in [6.07, 6.45) is 0. The highest BCUT2D eigenvalue weighted by Gasteiger charge is 2.30. The summed E-state index contributed by atoms with van der Waals surface area (Å²) in [6, 6.07) is 98.9. The molecular weight excluding hydrogens is 858 g/mol. The van der Waals surface area contributed by atoms with E-state index in [-0.39, 0.29) is 0 Å². The number of nitrogens with one attached hydrogen (secondary N) is 1. The molecule has 0 atom stereocenters. The first-order valence-corrected chi connectivity index (χ1v) is 24.5. The maximum atomic E-state index is 3.96. The quantitative estimate of drug-likeness (QED) is 0.130. The molecule has 11 aromatic rings. The Hall–Kier alpha value is -9.12. The van der Waals surface area contributed by atoms with Crippen molar-refractivity contribution in [2.75, 3.05) is 15.1 Å². The van der Waals surface area contributed by atoms with Gasteiger partial charge in [0.2, 0.25) is 0 Å². The van der Waals surface area contributed by atoms with Gasteiger partial charge in [0.15, 0.2) is 7.28 Å². The van der Waals surface area contributed by atoms with Gasteiger partial charge in [-0.1, -0.05) is 194 Å². The second kappa shape index (κ2) is 19.1. The molecule has 0 unspecified atom stereocenters. The Morgan fingerprint density at radius 2 is 0.859 bits per heavy atom. The van der Waals surface area contributed by atoms with Crippen LogP contribution in [-0.4, -0.2) is 7.28 Å². The van der Waals surface area contributed by atoms with E-state index in [2.05, 4.69) is 295 Å². The first-order valence-electron chi connectivity index (χ1n) is 24.5. The standard InChI is InChI=1S/C67H50BN3/c1-47-19-17-18-30-60(47)54-43-62(67-66(45-54)71(58-38-33-52(34-39-58)49-22-9-3-10-23-49)65-42-35-53(44-63(65)68-67)50-24-11-4-12-25-50)61-46-59(70(56-26-13-5-14-27-56)57-28-15-6-16-29-57)40-41-64(61)69-55-36-31-51(32-37-55)48-20-7-2-8-21-48/h2-46,68-69H,1H3. The Balaban J connectivity index is 1.10. The molecule has 0 fully saturated rings. The number of aryl methyl sites for hydroxylation is 1. The van der Waals surface area contributed by atoms with Crippen molar-refractivity contribution < 1.29 is 0 Å². The summed E-state index contributed by atoms with van der Waals surface area (Å²) in [5.74, 6) is 0. The molecule has 0 aromatic heterocycles. The molecule has 0 saturated heterocycles. The van der Waals surface area contributed by atoms with Crippen LogP contribution in [-0.2, 0) is 0 Å². The summed E-state index contributed by atoms with van der Waals surface area (Å²) in [4.78, 5) is 4.87. The van der Waals surface area contributed by atoms with Crippen LogP contribution in [0.3, 0.4) is 0 Å². The van der Waals surface area contributed by atoms with E-state index in [9.17, 15) is 0 Å². The number of hydrogen-bond donors (Lipinski definition) is 1. The number of nitrogens with zero attached hydrogens (tertiary/aromatic N) is 2. The van der Waals surface area contributed by atoms with Gasteiger partial charge in [-0.05, 0) is 153 Å². The molecule has 0 spiro atoms. The predicted octanol–water partition coefficient (Wildman–Crippen LogP) is 16.7. The molecule has 1 heterocycles. The first kappa shape index (κ1) is 43.2. The molecule has 1 N–H and O–H groups in total. The fourth-order valence-corrected chi connectivity index (χ4v) is 10.3. The molecule has 1 aliphatic rings. The van der Waals surface area contributed by atoms with Crippen LogP contribution in [0.2, 0.25) is 0 Å². The van der Waals surface area contributed by atoms with Crippen molar-refractivity contribution in [2.45, 2.75) is 6.92 Å². The van der Waals surface area contributed by atoms with Gasteiger partial charge in [-0.15, -0.1) is 0 Å². The molecule has 336 valence electrons. The molecule has 71 heavy (non-hydrogen) atoms. The topological polar surface area (TPSA) is 18.5 Å². The fraction of sp³-hybridized carbons (Fsp3) is 0.0149. The van der Waals surface area contributed by atoms with Crippen LogP contribution < -0.4 is 26.0 Å². The van der Waals surface area contributed by atoms with E-state index in [0.717, 1.165) is 47.0 Å². The minimum Gasteiger partial charge on any atom is -0.355 e. The molecule has 0 saturated carbocycles. The lowest BCUT2D eigenvalue weighted by atomic mass is 9.57. The van der Waals surface area contributed by atoms with Gasteiger partial charge in [-0.2, -0.15) is 0 Å². The fourth-order valence-electron chi connectivity index (χ4n) is 10.3. The van der Waals surface area contributed by atoms with Crippen molar-refractivity contribution in [3.8, 4) is 55.6 Å². The van der Waals surface area contributed by atoms with Crippen molar-refractivity contribution in [2.24, 2.45) is 0 Å². The van der Waals surface area contributed by atoms with Crippen molar-refractivity contribution >= 4 is 63.7 Å². The Bertz CT molecular complexity index is 3580. The van der Waals surface area contributed by atoms with Gasteiger partial charge < -0.3 is 15.1 Å². The normalized spacial score (nSPS) is 11.5. The lowest BCUT2D eigenvalue weighted by Crippen LogP contribution is -2.41. The van der Waals surface area contributed by atoms with E-state index in [0.29, 0.717) is 0 Å². The third-order valence-electron chi connectivity index (χ3n) is 13.8. The molecule has 0 radical (unpaired) electrons. The van der Waals surface area contributed by atoms with Gasteiger partial charge in [0, 0.05) is 51.1 Å². The van der Waals surface area contributed by atoms with Crippen molar-refractivity contribution in [1.82, 2.24) is 0 Å². The van der Waals surface area contributed by atoms with Gasteiger partial charge in [-0.25, -0.2) is 0 Å². The predicted molar refractivity (Wildman–Crippen MR) is 304 cm³/mol. The smallest absolute Gasteiger partial charge is 0.198 e. The number of benzene rings is 11. The van der Waals surface area contributed by atoms with E-state index >= 15 is 0 Å². The van der Waals surface area contributed by atoms with Crippen LogP contribution in [0.25, 0.3) is 55.6 Å². The maximum absolute atomic E-state index is 3.96. The van der Waals surface area contributed by atoms with Crippen molar-refractivity contribution in [1.29, 1.82) is 0 Å².